The van der Waals surface area contributed by atoms with Gasteiger partial charge in [-0.3, -0.25) is 0 Å². The zero-order chi connectivity index (χ0) is 13.7. The number of carbonyl (C=O) groups excluding carboxylic acids is 1. The summed E-state index contributed by atoms with van der Waals surface area (Å²) in [5.41, 5.74) is 0.846. The molecule has 5 heteroatoms. The summed E-state index contributed by atoms with van der Waals surface area (Å²) in [6, 6.07) is 0.405. The van der Waals surface area contributed by atoms with Gasteiger partial charge in [0, 0.05) is 12.6 Å². The summed E-state index contributed by atoms with van der Waals surface area (Å²) < 4.78 is 5.07. The summed E-state index contributed by atoms with van der Waals surface area (Å²) in [7, 11) is 0. The molecular formula is C13H22N2O2S. The lowest BCUT2D eigenvalue weighted by atomic mass is 10.1. The third-order valence-corrected chi connectivity index (χ3v) is 3.42. The summed E-state index contributed by atoms with van der Waals surface area (Å²) in [6.07, 6.45) is 0. The zero-order valence-corrected chi connectivity index (χ0v) is 12.6. The molecule has 102 valence electrons. The first-order valence-corrected chi connectivity index (χ1v) is 7.17. The molecule has 0 atom stereocenters. The SMILES string of the molecule is CCOC(=O)c1sc(CNC(C)C)nc1C(C)C. The Morgan fingerprint density at radius 2 is 2.06 bits per heavy atom. The van der Waals surface area contributed by atoms with Crippen LogP contribution in [0.4, 0.5) is 0 Å². The van der Waals surface area contributed by atoms with Gasteiger partial charge in [0.25, 0.3) is 0 Å². The van der Waals surface area contributed by atoms with Crippen molar-refractivity contribution in [2.24, 2.45) is 0 Å². The minimum absolute atomic E-state index is 0.230. The molecule has 0 spiro atoms. The summed E-state index contributed by atoms with van der Waals surface area (Å²) in [5.74, 6) is -0.0250. The molecule has 0 aliphatic rings. The highest BCUT2D eigenvalue weighted by Gasteiger charge is 2.21. The Morgan fingerprint density at radius 1 is 1.39 bits per heavy atom. The minimum Gasteiger partial charge on any atom is -0.462 e. The minimum atomic E-state index is -0.255. The first-order valence-electron chi connectivity index (χ1n) is 6.35. The molecule has 1 aromatic heterocycles. The summed E-state index contributed by atoms with van der Waals surface area (Å²) in [4.78, 5) is 17.0. The van der Waals surface area contributed by atoms with Crippen molar-refractivity contribution in [3.05, 3.63) is 15.6 Å². The molecule has 0 unspecified atom stereocenters. The fraction of sp³-hybridized carbons (Fsp3) is 0.692. The van der Waals surface area contributed by atoms with Crippen LogP contribution in [0, 0.1) is 0 Å². The Kier molecular flexibility index (Phi) is 5.75. The molecule has 0 fully saturated rings. The number of thiazole rings is 1. The van der Waals surface area contributed by atoms with Crippen LogP contribution in [0.1, 0.15) is 60.9 Å². The van der Waals surface area contributed by atoms with Crippen LogP contribution in [-0.2, 0) is 11.3 Å². The second kappa shape index (κ2) is 6.85. The first-order chi connectivity index (χ1) is 8.45. The van der Waals surface area contributed by atoms with Crippen LogP contribution in [0.5, 0.6) is 0 Å². The Labute approximate surface area is 113 Å². The molecule has 0 bridgehead atoms. The number of hydrogen-bond donors (Lipinski definition) is 1. The van der Waals surface area contributed by atoms with Gasteiger partial charge in [-0.25, -0.2) is 9.78 Å². The standard InChI is InChI=1S/C13H22N2O2S/c1-6-17-13(16)12-11(8(2)3)15-10(18-12)7-14-9(4)5/h8-9,14H,6-7H2,1-5H3. The number of ether oxygens (including phenoxy) is 1. The number of nitrogens with zero attached hydrogens (tertiary/aromatic N) is 1. The van der Waals surface area contributed by atoms with Crippen LogP contribution >= 0.6 is 11.3 Å². The number of nitrogens with one attached hydrogen (secondary N) is 1. The lowest BCUT2D eigenvalue weighted by Crippen LogP contribution is -2.21. The predicted molar refractivity (Wildman–Crippen MR) is 74.1 cm³/mol. The van der Waals surface area contributed by atoms with Gasteiger partial charge in [-0.2, -0.15) is 0 Å². The van der Waals surface area contributed by atoms with E-state index in [2.05, 4.69) is 24.1 Å². The molecule has 18 heavy (non-hydrogen) atoms. The molecule has 0 aliphatic heterocycles. The van der Waals surface area contributed by atoms with Crippen molar-refractivity contribution in [2.45, 2.75) is 53.1 Å². The third-order valence-electron chi connectivity index (χ3n) is 2.37. The van der Waals surface area contributed by atoms with Gasteiger partial charge in [0.15, 0.2) is 0 Å². The van der Waals surface area contributed by atoms with E-state index in [1.165, 1.54) is 11.3 Å². The van der Waals surface area contributed by atoms with E-state index < -0.39 is 0 Å². The van der Waals surface area contributed by atoms with E-state index in [-0.39, 0.29) is 11.9 Å². The van der Waals surface area contributed by atoms with Crippen molar-refractivity contribution in [2.75, 3.05) is 6.61 Å². The van der Waals surface area contributed by atoms with Gasteiger partial charge in [0.05, 0.1) is 12.3 Å². The highest BCUT2D eigenvalue weighted by molar-refractivity contribution is 7.13. The van der Waals surface area contributed by atoms with E-state index in [1.807, 2.05) is 20.8 Å². The average Bonchev–Trinajstić information content (AvgIpc) is 2.71. The number of hydrogen-bond acceptors (Lipinski definition) is 5. The predicted octanol–water partition coefficient (Wildman–Crippen LogP) is 2.94. The Hall–Kier alpha value is -0.940. The summed E-state index contributed by atoms with van der Waals surface area (Å²) >= 11 is 1.43. The van der Waals surface area contributed by atoms with Crippen molar-refractivity contribution >= 4 is 17.3 Å². The second-order valence-electron chi connectivity index (χ2n) is 4.73. The van der Waals surface area contributed by atoms with Crippen molar-refractivity contribution in [1.82, 2.24) is 10.3 Å². The largest absolute Gasteiger partial charge is 0.462 e. The van der Waals surface area contributed by atoms with Gasteiger partial charge in [-0.15, -0.1) is 11.3 Å². The number of esters is 1. The molecule has 1 N–H and O–H groups in total. The molecule has 1 heterocycles. The van der Waals surface area contributed by atoms with Gasteiger partial charge >= 0.3 is 5.97 Å². The van der Waals surface area contributed by atoms with Crippen LogP contribution in [0.2, 0.25) is 0 Å². The van der Waals surface area contributed by atoms with Crippen molar-refractivity contribution in [3.8, 4) is 0 Å². The van der Waals surface area contributed by atoms with E-state index in [9.17, 15) is 4.79 Å². The van der Waals surface area contributed by atoms with Gasteiger partial charge in [0.2, 0.25) is 0 Å². The number of carbonyl (C=O) groups is 1. The first kappa shape index (κ1) is 15.1. The van der Waals surface area contributed by atoms with E-state index in [0.29, 0.717) is 24.1 Å². The van der Waals surface area contributed by atoms with Crippen LogP contribution in [0.15, 0.2) is 0 Å². The summed E-state index contributed by atoms with van der Waals surface area (Å²) in [6.45, 7) is 11.2. The maximum Gasteiger partial charge on any atom is 0.350 e. The molecule has 0 aliphatic carbocycles. The highest BCUT2D eigenvalue weighted by atomic mass is 32.1. The molecule has 0 radical (unpaired) electrons. The normalized spacial score (nSPS) is 11.3. The number of aromatic nitrogens is 1. The topological polar surface area (TPSA) is 51.2 Å². The Bertz CT molecular complexity index is 400. The van der Waals surface area contributed by atoms with Crippen molar-refractivity contribution < 1.29 is 9.53 Å². The van der Waals surface area contributed by atoms with E-state index >= 15 is 0 Å². The van der Waals surface area contributed by atoms with E-state index in [1.54, 1.807) is 0 Å². The fourth-order valence-electron chi connectivity index (χ4n) is 1.48. The average molecular weight is 270 g/mol. The molecule has 0 saturated carbocycles. The molecule has 0 aromatic carbocycles. The van der Waals surface area contributed by atoms with Gasteiger partial charge in [0.1, 0.15) is 9.88 Å². The lowest BCUT2D eigenvalue weighted by Gasteiger charge is -2.04. The Morgan fingerprint density at radius 3 is 2.56 bits per heavy atom. The van der Waals surface area contributed by atoms with Crippen LogP contribution in [0.25, 0.3) is 0 Å². The van der Waals surface area contributed by atoms with Crippen LogP contribution < -0.4 is 5.32 Å². The van der Waals surface area contributed by atoms with Gasteiger partial charge in [-0.05, 0) is 12.8 Å². The maximum atomic E-state index is 11.8. The summed E-state index contributed by atoms with van der Waals surface area (Å²) in [5, 5.41) is 4.25. The maximum absolute atomic E-state index is 11.8. The molecular weight excluding hydrogens is 248 g/mol. The Balaban J connectivity index is 2.90. The molecule has 4 nitrogen and oxygen atoms in total. The van der Waals surface area contributed by atoms with Crippen molar-refractivity contribution in [3.63, 3.8) is 0 Å². The third kappa shape index (κ3) is 4.07. The molecule has 1 aromatic rings. The highest BCUT2D eigenvalue weighted by Crippen LogP contribution is 2.26. The second-order valence-corrected chi connectivity index (χ2v) is 5.82. The number of rotatable bonds is 6. The van der Waals surface area contributed by atoms with E-state index in [4.69, 9.17) is 4.74 Å². The molecule has 0 saturated heterocycles. The smallest absolute Gasteiger partial charge is 0.350 e. The van der Waals surface area contributed by atoms with Crippen LogP contribution in [0.3, 0.4) is 0 Å². The zero-order valence-electron chi connectivity index (χ0n) is 11.7. The fourth-order valence-corrected chi connectivity index (χ4v) is 2.54. The van der Waals surface area contributed by atoms with Gasteiger partial charge < -0.3 is 10.1 Å². The quantitative estimate of drug-likeness (QED) is 0.807. The van der Waals surface area contributed by atoms with Crippen molar-refractivity contribution in [1.29, 1.82) is 0 Å². The molecule has 0 amide bonds. The lowest BCUT2D eigenvalue weighted by molar-refractivity contribution is 0.0530. The van der Waals surface area contributed by atoms with Crippen LogP contribution in [-0.4, -0.2) is 23.6 Å². The van der Waals surface area contributed by atoms with Gasteiger partial charge in [-0.1, -0.05) is 27.7 Å². The molecule has 1 rings (SSSR count). The van der Waals surface area contributed by atoms with E-state index in [0.717, 1.165) is 10.7 Å². The monoisotopic (exact) mass is 270 g/mol.